The number of carboxylic acid groups (broad SMARTS) is 1. The highest BCUT2D eigenvalue weighted by Gasteiger charge is 2.53. The van der Waals surface area contributed by atoms with Crippen LogP contribution in [0.15, 0.2) is 0 Å². The number of hydrogen-bond donors (Lipinski definition) is 2. The molecule has 0 radical (unpaired) electrons. The average molecular weight is 253 g/mol. The van der Waals surface area contributed by atoms with Crippen molar-refractivity contribution in [3.63, 3.8) is 0 Å². The molecule has 0 bridgehead atoms. The van der Waals surface area contributed by atoms with Crippen molar-refractivity contribution in [2.45, 2.75) is 83.2 Å². The Morgan fingerprint density at radius 2 is 1.67 bits per heavy atom. The average Bonchev–Trinajstić information content (AvgIpc) is 2.33. The van der Waals surface area contributed by atoms with E-state index in [1.807, 2.05) is 0 Å². The first-order valence-electron chi connectivity index (χ1n) is 7.49. The minimum atomic E-state index is -0.701. The lowest BCUT2D eigenvalue weighted by molar-refractivity contribution is -0.154. The highest BCUT2D eigenvalue weighted by Crippen LogP contribution is 2.44. The summed E-state index contributed by atoms with van der Waals surface area (Å²) in [6.07, 6.45) is 10.1. The summed E-state index contributed by atoms with van der Waals surface area (Å²) in [7, 11) is 0. The lowest BCUT2D eigenvalue weighted by Crippen LogP contribution is -2.65. The van der Waals surface area contributed by atoms with E-state index in [1.165, 1.54) is 19.3 Å². The first kappa shape index (κ1) is 13.9. The monoisotopic (exact) mass is 253 g/mol. The van der Waals surface area contributed by atoms with Gasteiger partial charge in [0.15, 0.2) is 0 Å². The molecule has 3 nitrogen and oxygen atoms in total. The minimum Gasteiger partial charge on any atom is -0.480 e. The maximum absolute atomic E-state index is 11.9. The van der Waals surface area contributed by atoms with Gasteiger partial charge in [0, 0.05) is 6.04 Å². The number of carbonyl (C=O) groups is 1. The molecule has 2 aliphatic rings. The number of hydrogen-bond acceptors (Lipinski definition) is 2. The van der Waals surface area contributed by atoms with E-state index in [4.69, 9.17) is 0 Å². The van der Waals surface area contributed by atoms with Gasteiger partial charge in [-0.15, -0.1) is 0 Å². The van der Waals surface area contributed by atoms with Gasteiger partial charge in [0.2, 0.25) is 0 Å². The van der Waals surface area contributed by atoms with Crippen LogP contribution in [0.4, 0.5) is 0 Å². The van der Waals surface area contributed by atoms with Crippen LogP contribution >= 0.6 is 0 Å². The molecule has 18 heavy (non-hydrogen) atoms. The third-order valence-corrected chi connectivity index (χ3v) is 5.18. The van der Waals surface area contributed by atoms with E-state index in [2.05, 4.69) is 19.2 Å². The summed E-state index contributed by atoms with van der Waals surface area (Å²) in [5.74, 6) is -0.641. The molecule has 3 heteroatoms. The fraction of sp³-hybridized carbons (Fsp3) is 0.933. The largest absolute Gasteiger partial charge is 0.480 e. The summed E-state index contributed by atoms with van der Waals surface area (Å²) in [5, 5.41) is 13.4. The standard InChI is InChI=1S/C15H27NO2/c1-14(2)10-6-7-11-15(14,13(17)18)16-12-8-4-3-5-9-12/h12,16H,3-11H2,1-2H3,(H,17,18). The Kier molecular flexibility index (Phi) is 4.00. The molecule has 2 fully saturated rings. The molecule has 0 aromatic heterocycles. The second-order valence-electron chi connectivity index (χ2n) is 6.78. The topological polar surface area (TPSA) is 49.3 Å². The van der Waals surface area contributed by atoms with E-state index in [9.17, 15) is 9.90 Å². The van der Waals surface area contributed by atoms with Crippen LogP contribution < -0.4 is 5.32 Å². The van der Waals surface area contributed by atoms with Gasteiger partial charge in [-0.2, -0.15) is 0 Å². The number of rotatable bonds is 3. The van der Waals surface area contributed by atoms with Crippen molar-refractivity contribution in [1.82, 2.24) is 5.32 Å². The van der Waals surface area contributed by atoms with Gasteiger partial charge in [-0.25, -0.2) is 0 Å². The van der Waals surface area contributed by atoms with Crippen LogP contribution in [-0.4, -0.2) is 22.7 Å². The Labute approximate surface area is 110 Å². The van der Waals surface area contributed by atoms with E-state index in [1.54, 1.807) is 0 Å². The quantitative estimate of drug-likeness (QED) is 0.811. The normalized spacial score (nSPS) is 33.2. The Hall–Kier alpha value is -0.570. The van der Waals surface area contributed by atoms with Gasteiger partial charge in [0.05, 0.1) is 0 Å². The predicted molar refractivity (Wildman–Crippen MR) is 72.6 cm³/mol. The van der Waals surface area contributed by atoms with Crippen LogP contribution in [0, 0.1) is 5.41 Å². The van der Waals surface area contributed by atoms with Crippen LogP contribution in [0.3, 0.4) is 0 Å². The van der Waals surface area contributed by atoms with Gasteiger partial charge >= 0.3 is 5.97 Å². The highest BCUT2D eigenvalue weighted by atomic mass is 16.4. The molecule has 2 rings (SSSR count). The summed E-state index contributed by atoms with van der Waals surface area (Å²) in [5.41, 5.74) is -0.845. The van der Waals surface area contributed by atoms with Crippen LogP contribution in [0.5, 0.6) is 0 Å². The Morgan fingerprint density at radius 3 is 2.22 bits per heavy atom. The van der Waals surface area contributed by atoms with Gasteiger partial charge in [0.25, 0.3) is 0 Å². The lowest BCUT2D eigenvalue weighted by Gasteiger charge is -2.49. The molecular formula is C15H27NO2. The molecule has 0 amide bonds. The molecule has 1 atom stereocenters. The van der Waals surface area contributed by atoms with Gasteiger partial charge in [-0.05, 0) is 31.1 Å². The van der Waals surface area contributed by atoms with E-state index in [0.717, 1.165) is 38.5 Å². The van der Waals surface area contributed by atoms with Gasteiger partial charge in [0.1, 0.15) is 5.54 Å². The molecule has 0 saturated heterocycles. The summed E-state index contributed by atoms with van der Waals surface area (Å²) in [6, 6.07) is 0.409. The van der Waals surface area contributed by atoms with Crippen molar-refractivity contribution in [1.29, 1.82) is 0 Å². The van der Waals surface area contributed by atoms with Crippen LogP contribution in [0.25, 0.3) is 0 Å². The molecule has 0 aromatic carbocycles. The van der Waals surface area contributed by atoms with Gasteiger partial charge in [-0.1, -0.05) is 46.0 Å². The Balaban J connectivity index is 2.17. The van der Waals surface area contributed by atoms with Crippen LogP contribution in [0.1, 0.15) is 71.6 Å². The Bertz CT molecular complexity index is 308. The highest BCUT2D eigenvalue weighted by molar-refractivity contribution is 5.80. The fourth-order valence-corrected chi connectivity index (χ4v) is 3.83. The zero-order valence-corrected chi connectivity index (χ0v) is 11.8. The molecule has 2 saturated carbocycles. The summed E-state index contributed by atoms with van der Waals surface area (Å²) >= 11 is 0. The molecule has 104 valence electrons. The molecule has 0 aromatic rings. The van der Waals surface area contributed by atoms with E-state index < -0.39 is 11.5 Å². The van der Waals surface area contributed by atoms with E-state index in [-0.39, 0.29) is 5.41 Å². The second-order valence-corrected chi connectivity index (χ2v) is 6.78. The maximum atomic E-state index is 11.9. The molecule has 0 aliphatic heterocycles. The molecule has 0 heterocycles. The zero-order chi connectivity index (χ0) is 13.2. The SMILES string of the molecule is CC1(C)CCCCC1(NC1CCCCC1)C(=O)O. The molecule has 2 aliphatic carbocycles. The number of aliphatic carboxylic acids is 1. The van der Waals surface area contributed by atoms with Crippen molar-refractivity contribution in [2.75, 3.05) is 0 Å². The van der Waals surface area contributed by atoms with E-state index >= 15 is 0 Å². The first-order valence-corrected chi connectivity index (χ1v) is 7.49. The van der Waals surface area contributed by atoms with Crippen LogP contribution in [0.2, 0.25) is 0 Å². The molecular weight excluding hydrogens is 226 g/mol. The van der Waals surface area contributed by atoms with Gasteiger partial charge in [-0.3, -0.25) is 10.1 Å². The van der Waals surface area contributed by atoms with Crippen LogP contribution in [-0.2, 0) is 4.79 Å². The molecule has 1 unspecified atom stereocenters. The number of carboxylic acids is 1. The van der Waals surface area contributed by atoms with Crippen molar-refractivity contribution in [3.05, 3.63) is 0 Å². The van der Waals surface area contributed by atoms with Crippen molar-refractivity contribution < 1.29 is 9.90 Å². The predicted octanol–water partition coefficient (Wildman–Crippen LogP) is 3.33. The van der Waals surface area contributed by atoms with Gasteiger partial charge < -0.3 is 5.11 Å². The molecule has 0 spiro atoms. The van der Waals surface area contributed by atoms with Crippen molar-refractivity contribution in [2.24, 2.45) is 5.41 Å². The summed E-state index contributed by atoms with van der Waals surface area (Å²) in [4.78, 5) is 11.9. The third kappa shape index (κ3) is 2.42. The summed E-state index contributed by atoms with van der Waals surface area (Å²) in [6.45, 7) is 4.24. The fourth-order valence-electron chi connectivity index (χ4n) is 3.83. The minimum absolute atomic E-state index is 0.144. The second kappa shape index (κ2) is 5.20. The zero-order valence-electron chi connectivity index (χ0n) is 11.8. The van der Waals surface area contributed by atoms with E-state index in [0.29, 0.717) is 6.04 Å². The lowest BCUT2D eigenvalue weighted by atomic mass is 9.62. The third-order valence-electron chi connectivity index (χ3n) is 5.18. The maximum Gasteiger partial charge on any atom is 0.324 e. The van der Waals surface area contributed by atoms with Crippen molar-refractivity contribution >= 4 is 5.97 Å². The Morgan fingerprint density at radius 1 is 1.06 bits per heavy atom. The summed E-state index contributed by atoms with van der Waals surface area (Å²) < 4.78 is 0. The first-order chi connectivity index (χ1) is 8.48. The number of nitrogens with one attached hydrogen (secondary N) is 1. The smallest absolute Gasteiger partial charge is 0.324 e. The molecule has 2 N–H and O–H groups in total. The van der Waals surface area contributed by atoms with Crippen molar-refractivity contribution in [3.8, 4) is 0 Å².